The summed E-state index contributed by atoms with van der Waals surface area (Å²) in [6.07, 6.45) is 6.60. The standard InChI is InChI=1S/C24H26N8O4/c1-13-4-5-18-25-8-15(31(18)10-13)9-26-22(34)17-7-14-6-16(14)32(17)19(33)11-30-12-27-21-20(30)23(35)29(3)24(36)28(21)2/h4-5,8,10,12,14,16-17H,6-7,9,11H2,1-3H3,(H,26,34)/t14-,16-,17-/m0/s1. The van der Waals surface area contributed by atoms with E-state index in [1.165, 1.54) is 29.6 Å². The molecule has 0 unspecified atom stereocenters. The molecule has 6 rings (SSSR count). The highest BCUT2D eigenvalue weighted by atomic mass is 16.2. The lowest BCUT2D eigenvalue weighted by atomic mass is 10.1. The lowest BCUT2D eigenvalue weighted by Crippen LogP contribution is -2.48. The Labute approximate surface area is 204 Å². The summed E-state index contributed by atoms with van der Waals surface area (Å²) < 4.78 is 5.69. The van der Waals surface area contributed by atoms with E-state index in [2.05, 4.69) is 15.3 Å². The molecule has 12 nitrogen and oxygen atoms in total. The maximum absolute atomic E-state index is 13.4. The molecule has 0 aromatic carbocycles. The van der Waals surface area contributed by atoms with Crippen molar-refractivity contribution in [2.75, 3.05) is 0 Å². The lowest BCUT2D eigenvalue weighted by Gasteiger charge is -2.27. The second-order valence-electron chi connectivity index (χ2n) is 9.77. The Hall–Kier alpha value is -4.22. The minimum Gasteiger partial charge on any atom is -0.349 e. The van der Waals surface area contributed by atoms with Crippen molar-refractivity contribution in [3.05, 3.63) is 62.9 Å². The average Bonchev–Trinajstić information content (AvgIpc) is 3.19. The molecule has 3 atom stereocenters. The van der Waals surface area contributed by atoms with Crippen LogP contribution in [0.15, 0.2) is 40.4 Å². The normalized spacial score (nSPS) is 20.8. The molecular weight excluding hydrogens is 464 g/mol. The lowest BCUT2D eigenvalue weighted by molar-refractivity contribution is -0.140. The van der Waals surface area contributed by atoms with E-state index in [1.807, 2.05) is 29.7 Å². The molecule has 186 valence electrons. The number of hydrogen-bond donors (Lipinski definition) is 1. The van der Waals surface area contributed by atoms with Crippen LogP contribution in [0.5, 0.6) is 0 Å². The minimum absolute atomic E-state index is 0.0358. The number of carbonyl (C=O) groups excluding carboxylic acids is 2. The largest absolute Gasteiger partial charge is 0.349 e. The van der Waals surface area contributed by atoms with Crippen molar-refractivity contribution in [2.45, 2.75) is 44.9 Å². The number of hydrogen-bond acceptors (Lipinski definition) is 6. The number of imidazole rings is 2. The van der Waals surface area contributed by atoms with Gasteiger partial charge < -0.3 is 19.2 Å². The van der Waals surface area contributed by atoms with Crippen LogP contribution in [0.25, 0.3) is 16.8 Å². The number of nitrogens with one attached hydrogen (secondary N) is 1. The quantitative estimate of drug-likeness (QED) is 0.409. The van der Waals surface area contributed by atoms with Crippen LogP contribution in [0.4, 0.5) is 0 Å². The third-order valence-electron chi connectivity index (χ3n) is 7.39. The summed E-state index contributed by atoms with van der Waals surface area (Å²) in [6.45, 7) is 2.16. The van der Waals surface area contributed by atoms with Gasteiger partial charge in [-0.3, -0.25) is 23.5 Å². The number of carbonyl (C=O) groups is 2. The van der Waals surface area contributed by atoms with E-state index < -0.39 is 17.3 Å². The zero-order chi connectivity index (χ0) is 25.3. The first-order valence-electron chi connectivity index (χ1n) is 11.9. The van der Waals surface area contributed by atoms with Gasteiger partial charge in [-0.25, -0.2) is 14.8 Å². The number of fused-ring (bicyclic) bond motifs is 3. The maximum Gasteiger partial charge on any atom is 0.332 e. The Bertz CT molecular complexity index is 1680. The number of aryl methyl sites for hydroxylation is 2. The molecule has 4 aromatic rings. The molecule has 1 aliphatic carbocycles. The van der Waals surface area contributed by atoms with Crippen molar-refractivity contribution in [3.63, 3.8) is 0 Å². The van der Waals surface area contributed by atoms with Gasteiger partial charge in [0.05, 0.1) is 24.8 Å². The number of piperidine rings is 1. The van der Waals surface area contributed by atoms with Crippen molar-refractivity contribution in [1.29, 1.82) is 0 Å². The molecule has 2 fully saturated rings. The van der Waals surface area contributed by atoms with Crippen LogP contribution < -0.4 is 16.6 Å². The molecule has 0 bridgehead atoms. The van der Waals surface area contributed by atoms with E-state index in [0.717, 1.165) is 27.9 Å². The van der Waals surface area contributed by atoms with Crippen molar-refractivity contribution in [1.82, 2.24) is 38.3 Å². The fourth-order valence-corrected chi connectivity index (χ4v) is 5.36. The average molecular weight is 491 g/mol. The van der Waals surface area contributed by atoms with Crippen molar-refractivity contribution in [3.8, 4) is 0 Å². The predicted octanol–water partition coefficient (Wildman–Crippen LogP) is -0.304. The minimum atomic E-state index is -0.566. The van der Waals surface area contributed by atoms with E-state index >= 15 is 0 Å². The molecular formula is C24H26N8O4. The summed E-state index contributed by atoms with van der Waals surface area (Å²) in [6, 6.07) is 3.38. The van der Waals surface area contributed by atoms with Gasteiger partial charge in [0.1, 0.15) is 18.2 Å². The van der Waals surface area contributed by atoms with Gasteiger partial charge in [-0.15, -0.1) is 0 Å². The van der Waals surface area contributed by atoms with Crippen molar-refractivity contribution in [2.24, 2.45) is 20.0 Å². The van der Waals surface area contributed by atoms with Gasteiger partial charge >= 0.3 is 5.69 Å². The Morgan fingerprint density at radius 1 is 1.11 bits per heavy atom. The number of nitrogens with zero attached hydrogens (tertiary/aromatic N) is 7. The second kappa shape index (κ2) is 7.90. The third-order valence-corrected chi connectivity index (χ3v) is 7.39. The zero-order valence-corrected chi connectivity index (χ0v) is 20.2. The first-order chi connectivity index (χ1) is 17.2. The van der Waals surface area contributed by atoms with Crippen LogP contribution in [0.3, 0.4) is 0 Å². The third kappa shape index (κ3) is 3.35. The molecule has 0 radical (unpaired) electrons. The SMILES string of the molecule is Cc1ccc2ncc(CNC(=O)[C@@H]3C[C@@H]4C[C@@H]4N3C(=O)Cn3cnc4c3c(=O)n(C)c(=O)n4C)n2c1. The van der Waals surface area contributed by atoms with E-state index in [1.54, 1.807) is 11.1 Å². The number of pyridine rings is 1. The van der Waals surface area contributed by atoms with Gasteiger partial charge in [0.15, 0.2) is 11.2 Å². The summed E-state index contributed by atoms with van der Waals surface area (Å²) in [5.74, 6) is -0.135. The Kier molecular flexibility index (Phi) is 4.88. The topological polar surface area (TPSA) is 129 Å². The summed E-state index contributed by atoms with van der Waals surface area (Å²) >= 11 is 0. The Morgan fingerprint density at radius 3 is 2.72 bits per heavy atom. The molecule has 36 heavy (non-hydrogen) atoms. The molecule has 0 spiro atoms. The van der Waals surface area contributed by atoms with Crippen LogP contribution in [0.1, 0.15) is 24.1 Å². The number of rotatable bonds is 5. The highest BCUT2D eigenvalue weighted by Crippen LogP contribution is 2.48. The molecule has 4 aromatic heterocycles. The van der Waals surface area contributed by atoms with E-state index in [-0.39, 0.29) is 35.6 Å². The van der Waals surface area contributed by atoms with E-state index in [4.69, 9.17) is 0 Å². The second-order valence-corrected chi connectivity index (χ2v) is 9.77. The van der Waals surface area contributed by atoms with Gasteiger partial charge in [0.2, 0.25) is 11.8 Å². The molecule has 1 aliphatic heterocycles. The summed E-state index contributed by atoms with van der Waals surface area (Å²) in [5.41, 5.74) is 2.16. The van der Waals surface area contributed by atoms with Gasteiger partial charge in [-0.05, 0) is 37.3 Å². The van der Waals surface area contributed by atoms with Gasteiger partial charge in [-0.1, -0.05) is 6.07 Å². The van der Waals surface area contributed by atoms with Crippen LogP contribution in [-0.2, 0) is 36.8 Å². The van der Waals surface area contributed by atoms with Gasteiger partial charge in [-0.2, -0.15) is 0 Å². The molecule has 5 heterocycles. The fourth-order valence-electron chi connectivity index (χ4n) is 5.36. The molecule has 2 amide bonds. The Balaban J connectivity index is 1.21. The van der Waals surface area contributed by atoms with Crippen molar-refractivity contribution < 1.29 is 9.59 Å². The first kappa shape index (κ1) is 22.3. The molecule has 1 saturated carbocycles. The summed E-state index contributed by atoms with van der Waals surface area (Å²) in [4.78, 5) is 61.7. The fraction of sp³-hybridized carbons (Fsp3) is 0.417. The number of amides is 2. The summed E-state index contributed by atoms with van der Waals surface area (Å²) in [5, 5.41) is 2.98. The highest BCUT2D eigenvalue weighted by molar-refractivity contribution is 5.89. The molecule has 2 aliphatic rings. The van der Waals surface area contributed by atoms with Crippen LogP contribution in [0.2, 0.25) is 0 Å². The molecule has 1 N–H and O–H groups in total. The summed E-state index contributed by atoms with van der Waals surface area (Å²) in [7, 11) is 2.92. The zero-order valence-electron chi connectivity index (χ0n) is 20.2. The van der Waals surface area contributed by atoms with Crippen LogP contribution in [-0.4, -0.2) is 56.9 Å². The van der Waals surface area contributed by atoms with E-state index in [0.29, 0.717) is 18.9 Å². The molecule has 1 saturated heterocycles. The monoisotopic (exact) mass is 490 g/mol. The van der Waals surface area contributed by atoms with Gasteiger partial charge in [0.25, 0.3) is 5.56 Å². The maximum atomic E-state index is 13.4. The smallest absolute Gasteiger partial charge is 0.332 e. The predicted molar refractivity (Wildman–Crippen MR) is 129 cm³/mol. The van der Waals surface area contributed by atoms with Crippen molar-refractivity contribution >= 4 is 28.6 Å². The Morgan fingerprint density at radius 2 is 1.92 bits per heavy atom. The highest BCUT2D eigenvalue weighted by Gasteiger charge is 2.55. The van der Waals surface area contributed by atoms with Crippen LogP contribution in [0, 0.1) is 12.8 Å². The van der Waals surface area contributed by atoms with Crippen LogP contribution >= 0.6 is 0 Å². The number of likely N-dealkylation sites (tertiary alicyclic amines) is 1. The molecule has 12 heteroatoms. The van der Waals surface area contributed by atoms with Gasteiger partial charge in [0, 0.05) is 26.3 Å². The number of aromatic nitrogens is 6. The first-order valence-corrected chi connectivity index (χ1v) is 11.9. The van der Waals surface area contributed by atoms with E-state index in [9.17, 15) is 19.2 Å².